The van der Waals surface area contributed by atoms with Gasteiger partial charge in [0.2, 0.25) is 5.91 Å². The number of aromatic amines is 1. The van der Waals surface area contributed by atoms with Gasteiger partial charge in [0, 0.05) is 31.1 Å². The van der Waals surface area contributed by atoms with Crippen molar-refractivity contribution in [1.29, 1.82) is 0 Å². The number of amides is 1. The summed E-state index contributed by atoms with van der Waals surface area (Å²) in [7, 11) is 3.24. The third kappa shape index (κ3) is 4.47. The second kappa shape index (κ2) is 9.10. The molecule has 7 nitrogen and oxygen atoms in total. The van der Waals surface area contributed by atoms with Crippen LogP contribution in [0.1, 0.15) is 44.7 Å². The monoisotopic (exact) mass is 387 g/mol. The Morgan fingerprint density at radius 3 is 2.68 bits per heavy atom. The van der Waals surface area contributed by atoms with Crippen LogP contribution in [0.4, 0.5) is 5.69 Å². The Labute approximate surface area is 165 Å². The van der Waals surface area contributed by atoms with Gasteiger partial charge in [0.05, 0.1) is 25.6 Å². The van der Waals surface area contributed by atoms with Crippen molar-refractivity contribution in [3.63, 3.8) is 0 Å². The Morgan fingerprint density at radius 2 is 2.04 bits per heavy atom. The van der Waals surface area contributed by atoms with E-state index in [1.807, 2.05) is 32.0 Å². The molecule has 3 rings (SSSR count). The van der Waals surface area contributed by atoms with Gasteiger partial charge in [-0.2, -0.15) is 5.10 Å². The minimum absolute atomic E-state index is 0.0205. The summed E-state index contributed by atoms with van der Waals surface area (Å²) >= 11 is 0. The summed E-state index contributed by atoms with van der Waals surface area (Å²) in [6.07, 6.45) is 2.24. The van der Waals surface area contributed by atoms with Crippen LogP contribution < -0.4 is 14.8 Å². The molecule has 0 atom stereocenters. The third-order valence-corrected chi connectivity index (χ3v) is 4.94. The van der Waals surface area contributed by atoms with E-state index >= 15 is 0 Å². The van der Waals surface area contributed by atoms with Gasteiger partial charge in [-0.1, -0.05) is 13.8 Å². The summed E-state index contributed by atoms with van der Waals surface area (Å²) in [5, 5.41) is 10.8. The molecular weight excluding hydrogens is 358 g/mol. The maximum absolute atomic E-state index is 12.6. The first kappa shape index (κ1) is 20.2. The van der Waals surface area contributed by atoms with Crippen LogP contribution in [-0.4, -0.2) is 43.5 Å². The highest BCUT2D eigenvalue weighted by Crippen LogP contribution is 2.41. The summed E-state index contributed by atoms with van der Waals surface area (Å²) < 4.78 is 16.4. The van der Waals surface area contributed by atoms with Gasteiger partial charge >= 0.3 is 0 Å². The molecule has 1 saturated heterocycles. The fourth-order valence-electron chi connectivity index (χ4n) is 3.52. The zero-order valence-electron chi connectivity index (χ0n) is 17.0. The summed E-state index contributed by atoms with van der Waals surface area (Å²) in [4.78, 5) is 12.6. The van der Waals surface area contributed by atoms with Gasteiger partial charge in [0.1, 0.15) is 17.2 Å². The predicted octanol–water partition coefficient (Wildman–Crippen LogP) is 3.97. The second-order valence-electron chi connectivity index (χ2n) is 7.46. The Kier molecular flexibility index (Phi) is 6.57. The lowest BCUT2D eigenvalue weighted by molar-refractivity contribution is -0.116. The van der Waals surface area contributed by atoms with Gasteiger partial charge < -0.3 is 19.5 Å². The van der Waals surface area contributed by atoms with Crippen molar-refractivity contribution in [2.75, 3.05) is 32.8 Å². The molecule has 2 N–H and O–H groups in total. The number of carbonyl (C=O) groups is 1. The SMILES string of the molecule is COc1ccc(OC)c(-c2n[nH]c(C3CCOCC3)c2NC(=O)CC(C)C)c1. The van der Waals surface area contributed by atoms with E-state index in [-0.39, 0.29) is 17.7 Å². The first-order valence-corrected chi connectivity index (χ1v) is 9.71. The Bertz CT molecular complexity index is 810. The molecule has 0 aliphatic carbocycles. The highest BCUT2D eigenvalue weighted by Gasteiger charge is 2.27. The minimum atomic E-state index is -0.0205. The van der Waals surface area contributed by atoms with Crippen LogP contribution in [0.15, 0.2) is 18.2 Å². The highest BCUT2D eigenvalue weighted by molar-refractivity contribution is 5.96. The number of benzene rings is 1. The molecule has 0 bridgehead atoms. The highest BCUT2D eigenvalue weighted by atomic mass is 16.5. The normalized spacial score (nSPS) is 14.9. The molecule has 1 amide bonds. The second-order valence-corrected chi connectivity index (χ2v) is 7.46. The molecule has 28 heavy (non-hydrogen) atoms. The fraction of sp³-hybridized carbons (Fsp3) is 0.524. The van der Waals surface area contributed by atoms with Crippen LogP contribution in [0.25, 0.3) is 11.3 Å². The van der Waals surface area contributed by atoms with Crippen molar-refractivity contribution in [2.24, 2.45) is 5.92 Å². The average molecular weight is 387 g/mol. The van der Waals surface area contributed by atoms with Gasteiger partial charge in [0.15, 0.2) is 0 Å². The topological polar surface area (TPSA) is 85.5 Å². The molecule has 1 aliphatic rings. The summed E-state index contributed by atoms with van der Waals surface area (Å²) in [5.41, 5.74) is 3.11. The zero-order valence-corrected chi connectivity index (χ0v) is 17.0. The lowest BCUT2D eigenvalue weighted by atomic mass is 9.94. The molecule has 2 heterocycles. The van der Waals surface area contributed by atoms with E-state index in [4.69, 9.17) is 14.2 Å². The van der Waals surface area contributed by atoms with Crippen molar-refractivity contribution < 1.29 is 19.0 Å². The number of H-pyrrole nitrogens is 1. The van der Waals surface area contributed by atoms with E-state index in [1.165, 1.54) is 0 Å². The van der Waals surface area contributed by atoms with Crippen LogP contribution in [0.2, 0.25) is 0 Å². The number of nitrogens with zero attached hydrogens (tertiary/aromatic N) is 1. The number of nitrogens with one attached hydrogen (secondary N) is 2. The quantitative estimate of drug-likeness (QED) is 0.751. The van der Waals surface area contributed by atoms with Gasteiger partial charge in [0.25, 0.3) is 0 Å². The lowest BCUT2D eigenvalue weighted by Crippen LogP contribution is -2.19. The summed E-state index contributed by atoms with van der Waals surface area (Å²) in [5.74, 6) is 1.89. The molecule has 1 aromatic heterocycles. The molecule has 0 radical (unpaired) electrons. The van der Waals surface area contributed by atoms with Crippen LogP contribution in [-0.2, 0) is 9.53 Å². The van der Waals surface area contributed by atoms with Gasteiger partial charge in [-0.05, 0) is 37.0 Å². The number of anilines is 1. The molecule has 7 heteroatoms. The molecule has 1 aliphatic heterocycles. The number of aromatic nitrogens is 2. The van der Waals surface area contributed by atoms with E-state index in [0.717, 1.165) is 29.8 Å². The van der Waals surface area contributed by atoms with Gasteiger partial charge in [-0.25, -0.2) is 0 Å². The molecule has 0 spiro atoms. The van der Waals surface area contributed by atoms with Crippen molar-refractivity contribution >= 4 is 11.6 Å². The number of carbonyl (C=O) groups excluding carboxylic acids is 1. The van der Waals surface area contributed by atoms with E-state index in [1.54, 1.807) is 14.2 Å². The minimum Gasteiger partial charge on any atom is -0.497 e. The molecular formula is C21H29N3O4. The average Bonchev–Trinajstić information content (AvgIpc) is 3.10. The third-order valence-electron chi connectivity index (χ3n) is 4.94. The van der Waals surface area contributed by atoms with Crippen LogP contribution in [0.5, 0.6) is 11.5 Å². The largest absolute Gasteiger partial charge is 0.497 e. The van der Waals surface area contributed by atoms with Crippen LogP contribution in [0, 0.1) is 5.92 Å². The van der Waals surface area contributed by atoms with E-state index in [9.17, 15) is 4.79 Å². The lowest BCUT2D eigenvalue weighted by Gasteiger charge is -2.22. The number of rotatable bonds is 7. The predicted molar refractivity (Wildman–Crippen MR) is 108 cm³/mol. The molecule has 0 unspecified atom stereocenters. The van der Waals surface area contributed by atoms with Gasteiger partial charge in [-0.15, -0.1) is 0 Å². The molecule has 152 valence electrons. The van der Waals surface area contributed by atoms with Crippen molar-refractivity contribution in [1.82, 2.24) is 10.2 Å². The molecule has 1 fully saturated rings. The number of ether oxygens (including phenoxy) is 3. The van der Waals surface area contributed by atoms with Crippen molar-refractivity contribution in [3.8, 4) is 22.8 Å². The molecule has 1 aromatic carbocycles. The summed E-state index contributed by atoms with van der Waals surface area (Å²) in [6, 6.07) is 5.56. The Morgan fingerprint density at radius 1 is 1.29 bits per heavy atom. The maximum atomic E-state index is 12.6. The van der Waals surface area contributed by atoms with Crippen LogP contribution in [0.3, 0.4) is 0 Å². The number of hydrogen-bond donors (Lipinski definition) is 2. The van der Waals surface area contributed by atoms with Crippen LogP contribution >= 0.6 is 0 Å². The summed E-state index contributed by atoms with van der Waals surface area (Å²) in [6.45, 7) is 5.47. The maximum Gasteiger partial charge on any atom is 0.224 e. The van der Waals surface area contributed by atoms with E-state index in [2.05, 4.69) is 15.5 Å². The van der Waals surface area contributed by atoms with E-state index < -0.39 is 0 Å². The molecule has 2 aromatic rings. The first-order valence-electron chi connectivity index (χ1n) is 9.71. The first-order chi connectivity index (χ1) is 13.5. The smallest absolute Gasteiger partial charge is 0.224 e. The molecule has 0 saturated carbocycles. The zero-order chi connectivity index (χ0) is 20.1. The number of hydrogen-bond acceptors (Lipinski definition) is 5. The fourth-order valence-corrected chi connectivity index (χ4v) is 3.52. The Hall–Kier alpha value is -2.54. The standard InChI is InChI=1S/C21H29N3O4/c1-13(2)11-18(25)22-21-19(14-7-9-28-10-8-14)23-24-20(21)16-12-15(26-3)5-6-17(16)27-4/h5-6,12-14H,7-11H2,1-4H3,(H,22,25)(H,23,24). The number of methoxy groups -OCH3 is 2. The Balaban J connectivity index is 2.05. The van der Waals surface area contributed by atoms with E-state index in [0.29, 0.717) is 36.8 Å². The van der Waals surface area contributed by atoms with Crippen molar-refractivity contribution in [3.05, 3.63) is 23.9 Å². The van der Waals surface area contributed by atoms with Crippen molar-refractivity contribution in [2.45, 2.75) is 39.0 Å². The van der Waals surface area contributed by atoms with Gasteiger partial charge in [-0.3, -0.25) is 9.89 Å².